The number of nitrogens with one attached hydrogen (secondary N) is 2. The van der Waals surface area contributed by atoms with E-state index in [1.54, 1.807) is 11.3 Å². The average Bonchev–Trinajstić information content (AvgIpc) is 2.79. The van der Waals surface area contributed by atoms with Crippen LogP contribution in [0.15, 0.2) is 4.99 Å². The second-order valence-corrected chi connectivity index (χ2v) is 8.01. The molecule has 154 valence electrons. The molecule has 1 aromatic rings. The quantitative estimate of drug-likeness (QED) is 0.245. The van der Waals surface area contributed by atoms with Crippen molar-refractivity contribution < 1.29 is 4.79 Å². The summed E-state index contributed by atoms with van der Waals surface area (Å²) < 4.78 is 0. The zero-order chi connectivity index (χ0) is 18.8. The van der Waals surface area contributed by atoms with Crippen LogP contribution in [0.5, 0.6) is 0 Å². The number of hydrogen-bond acceptors (Lipinski definition) is 4. The first-order valence-corrected chi connectivity index (χ1v) is 10.6. The van der Waals surface area contributed by atoms with Crippen LogP contribution in [0.3, 0.4) is 0 Å². The summed E-state index contributed by atoms with van der Waals surface area (Å²) in [6, 6.07) is 0. The molecule has 8 heteroatoms. The summed E-state index contributed by atoms with van der Waals surface area (Å²) in [5, 5.41) is 7.82. The van der Waals surface area contributed by atoms with Crippen LogP contribution in [-0.2, 0) is 11.2 Å². The van der Waals surface area contributed by atoms with Crippen molar-refractivity contribution >= 4 is 47.2 Å². The van der Waals surface area contributed by atoms with Crippen LogP contribution in [0.4, 0.5) is 0 Å². The average molecular weight is 507 g/mol. The van der Waals surface area contributed by atoms with Crippen molar-refractivity contribution in [3.8, 4) is 0 Å². The number of hydrogen-bond donors (Lipinski definition) is 2. The van der Waals surface area contributed by atoms with Gasteiger partial charge in [0.1, 0.15) is 0 Å². The highest BCUT2D eigenvalue weighted by Crippen LogP contribution is 2.17. The van der Waals surface area contributed by atoms with E-state index < -0.39 is 0 Å². The van der Waals surface area contributed by atoms with Crippen molar-refractivity contribution in [2.24, 2.45) is 4.99 Å². The topological polar surface area (TPSA) is 69.6 Å². The molecule has 1 amide bonds. The van der Waals surface area contributed by atoms with E-state index in [0.29, 0.717) is 12.3 Å². The Bertz CT molecular complexity index is 605. The zero-order valence-electron chi connectivity index (χ0n) is 16.8. The van der Waals surface area contributed by atoms with Crippen LogP contribution in [0.2, 0.25) is 0 Å². The molecule has 0 aromatic carbocycles. The van der Waals surface area contributed by atoms with Gasteiger partial charge in [-0.3, -0.25) is 9.79 Å². The molecule has 6 nitrogen and oxygen atoms in total. The first kappa shape index (κ1) is 24.1. The van der Waals surface area contributed by atoms with Gasteiger partial charge in [0, 0.05) is 50.4 Å². The highest BCUT2D eigenvalue weighted by atomic mass is 127. The van der Waals surface area contributed by atoms with Crippen molar-refractivity contribution in [1.82, 2.24) is 20.5 Å². The van der Waals surface area contributed by atoms with E-state index in [9.17, 15) is 4.79 Å². The minimum Gasteiger partial charge on any atom is -0.357 e. The number of halogens is 1. The van der Waals surface area contributed by atoms with Gasteiger partial charge in [-0.05, 0) is 40.0 Å². The Kier molecular flexibility index (Phi) is 11.9. The predicted molar refractivity (Wildman–Crippen MR) is 124 cm³/mol. The third kappa shape index (κ3) is 8.76. The van der Waals surface area contributed by atoms with Gasteiger partial charge < -0.3 is 15.5 Å². The summed E-state index contributed by atoms with van der Waals surface area (Å²) in [5.74, 6) is 1.17. The van der Waals surface area contributed by atoms with E-state index in [0.717, 1.165) is 75.1 Å². The molecule has 2 heterocycles. The molecule has 0 unspecified atom stereocenters. The first-order valence-electron chi connectivity index (χ1n) is 9.83. The van der Waals surface area contributed by atoms with Crippen LogP contribution < -0.4 is 10.6 Å². The lowest BCUT2D eigenvalue weighted by Crippen LogP contribution is -2.38. The normalized spacial score (nSPS) is 15.3. The Morgan fingerprint density at radius 1 is 1.26 bits per heavy atom. The number of thiazole rings is 1. The predicted octanol–water partition coefficient (Wildman–Crippen LogP) is 3.27. The molecule has 1 fully saturated rings. The summed E-state index contributed by atoms with van der Waals surface area (Å²) in [6.07, 6.45) is 5.94. The van der Waals surface area contributed by atoms with E-state index in [-0.39, 0.29) is 24.0 Å². The molecule has 2 rings (SSSR count). The van der Waals surface area contributed by atoms with Gasteiger partial charge in [0.15, 0.2) is 5.96 Å². The maximum Gasteiger partial charge on any atom is 0.222 e. The summed E-state index contributed by atoms with van der Waals surface area (Å²) in [7, 11) is 0. The number of likely N-dealkylation sites (tertiary alicyclic amines) is 1. The van der Waals surface area contributed by atoms with Gasteiger partial charge in [0.05, 0.1) is 10.7 Å². The van der Waals surface area contributed by atoms with Gasteiger partial charge in [-0.25, -0.2) is 4.98 Å². The molecule has 1 aliphatic rings. The zero-order valence-corrected chi connectivity index (χ0v) is 20.0. The fourth-order valence-electron chi connectivity index (χ4n) is 3.17. The smallest absolute Gasteiger partial charge is 0.222 e. The molecule has 0 bridgehead atoms. The number of rotatable bonds is 8. The lowest BCUT2D eigenvalue weighted by molar-refractivity contribution is -0.130. The standard InChI is InChI=1S/C19H33N5OS.HI/c1-4-20-19(22-12-10-17-15(2)23-16(3)26-17)21-11-8-14-24-13-7-5-6-9-18(24)25;/h4-14H2,1-3H3,(H2,20,21,22);1H. The van der Waals surface area contributed by atoms with Crippen molar-refractivity contribution in [2.75, 3.05) is 32.7 Å². The molecule has 0 radical (unpaired) electrons. The number of aryl methyl sites for hydroxylation is 2. The van der Waals surface area contributed by atoms with Crippen LogP contribution >= 0.6 is 35.3 Å². The molecule has 0 spiro atoms. The number of aromatic nitrogens is 1. The first-order chi connectivity index (χ1) is 12.6. The van der Waals surface area contributed by atoms with Crippen molar-refractivity contribution in [1.29, 1.82) is 0 Å². The van der Waals surface area contributed by atoms with Gasteiger partial charge in [-0.2, -0.15) is 0 Å². The molecule has 0 atom stereocenters. The lowest BCUT2D eigenvalue weighted by atomic mass is 10.2. The molecule has 1 aromatic heterocycles. The van der Waals surface area contributed by atoms with Crippen LogP contribution in [0.25, 0.3) is 0 Å². The fourth-order valence-corrected chi connectivity index (χ4v) is 4.11. The molecule has 1 saturated heterocycles. The van der Waals surface area contributed by atoms with E-state index in [2.05, 4.69) is 41.4 Å². The molecule has 0 aliphatic carbocycles. The highest BCUT2D eigenvalue weighted by Gasteiger charge is 2.15. The van der Waals surface area contributed by atoms with Gasteiger partial charge in [-0.1, -0.05) is 6.42 Å². The number of guanidine groups is 1. The molecule has 0 saturated carbocycles. The third-order valence-electron chi connectivity index (χ3n) is 4.52. The van der Waals surface area contributed by atoms with E-state index >= 15 is 0 Å². The second-order valence-electron chi connectivity index (χ2n) is 6.72. The SMILES string of the molecule is CCNC(=NCCCN1CCCCCC1=O)NCCc1sc(C)nc1C.I. The maximum absolute atomic E-state index is 12.0. The van der Waals surface area contributed by atoms with E-state index in [1.165, 1.54) is 11.3 Å². The summed E-state index contributed by atoms with van der Waals surface area (Å²) >= 11 is 1.77. The largest absolute Gasteiger partial charge is 0.357 e. The van der Waals surface area contributed by atoms with Crippen LogP contribution in [0, 0.1) is 13.8 Å². The number of carbonyl (C=O) groups excluding carboxylic acids is 1. The molecular weight excluding hydrogens is 473 g/mol. The monoisotopic (exact) mass is 507 g/mol. The highest BCUT2D eigenvalue weighted by molar-refractivity contribution is 14.0. The van der Waals surface area contributed by atoms with Crippen molar-refractivity contribution in [3.05, 3.63) is 15.6 Å². The molecule has 27 heavy (non-hydrogen) atoms. The Hall–Kier alpha value is -0.900. The lowest BCUT2D eigenvalue weighted by Gasteiger charge is -2.20. The number of aliphatic imine (C=N–C) groups is 1. The summed E-state index contributed by atoms with van der Waals surface area (Å²) in [5.41, 5.74) is 1.14. The number of nitrogens with zero attached hydrogens (tertiary/aromatic N) is 3. The third-order valence-corrected chi connectivity index (χ3v) is 5.65. The summed E-state index contributed by atoms with van der Waals surface area (Å²) in [6.45, 7) is 10.3. The fraction of sp³-hybridized carbons (Fsp3) is 0.737. The number of amides is 1. The van der Waals surface area contributed by atoms with E-state index in [4.69, 9.17) is 0 Å². The molecular formula is C19H34IN5OS. The van der Waals surface area contributed by atoms with E-state index in [1.807, 2.05) is 4.90 Å². The molecule has 1 aliphatic heterocycles. The van der Waals surface area contributed by atoms with Gasteiger partial charge in [0.25, 0.3) is 0 Å². The van der Waals surface area contributed by atoms with Gasteiger partial charge >= 0.3 is 0 Å². The minimum atomic E-state index is 0. The van der Waals surface area contributed by atoms with Crippen LogP contribution in [0.1, 0.15) is 54.6 Å². The van der Waals surface area contributed by atoms with Gasteiger partial charge in [0.2, 0.25) is 5.91 Å². The minimum absolute atomic E-state index is 0. The molecule has 2 N–H and O–H groups in total. The Morgan fingerprint density at radius 2 is 2.07 bits per heavy atom. The summed E-state index contributed by atoms with van der Waals surface area (Å²) in [4.78, 5) is 24.5. The van der Waals surface area contributed by atoms with Gasteiger partial charge in [-0.15, -0.1) is 35.3 Å². The second kappa shape index (κ2) is 13.3. The number of carbonyl (C=O) groups is 1. The maximum atomic E-state index is 12.0. The van der Waals surface area contributed by atoms with Crippen molar-refractivity contribution in [3.63, 3.8) is 0 Å². The Morgan fingerprint density at radius 3 is 2.78 bits per heavy atom. The van der Waals surface area contributed by atoms with Crippen molar-refractivity contribution in [2.45, 2.75) is 59.3 Å². The Balaban J connectivity index is 0.00000364. The Labute approximate surface area is 184 Å². The van der Waals surface area contributed by atoms with Crippen LogP contribution in [-0.4, -0.2) is 54.5 Å².